The highest BCUT2D eigenvalue weighted by Gasteiger charge is 2.48. The highest BCUT2D eigenvalue weighted by molar-refractivity contribution is 7.92. The van der Waals surface area contributed by atoms with Crippen molar-refractivity contribution in [2.45, 2.75) is 144 Å². The number of sulfone groups is 2. The highest BCUT2D eigenvalue weighted by atomic mass is 35.5. The maximum atomic E-state index is 13.4. The van der Waals surface area contributed by atoms with Gasteiger partial charge in [0.2, 0.25) is 5.91 Å². The molecule has 6 heterocycles. The van der Waals surface area contributed by atoms with E-state index in [2.05, 4.69) is 19.9 Å². The third-order valence-corrected chi connectivity index (χ3v) is 18.2. The van der Waals surface area contributed by atoms with Crippen molar-refractivity contribution < 1.29 is 57.5 Å². The normalized spacial score (nSPS) is 15.9. The molecule has 2 saturated heterocycles. The molecule has 8 rings (SSSR count). The van der Waals surface area contributed by atoms with Gasteiger partial charge in [0, 0.05) is 60.7 Å². The molecule has 0 N–H and O–H groups in total. The van der Waals surface area contributed by atoms with E-state index in [1.54, 1.807) is 92.0 Å². The summed E-state index contributed by atoms with van der Waals surface area (Å²) in [6.07, 6.45) is 5.53. The summed E-state index contributed by atoms with van der Waals surface area (Å²) >= 11 is 9.14. The number of thiazole rings is 2. The Kier molecular flexibility index (Phi) is 16.6. The third-order valence-electron chi connectivity index (χ3n) is 12.8. The van der Waals surface area contributed by atoms with Gasteiger partial charge >= 0.3 is 17.1 Å². The van der Waals surface area contributed by atoms with Crippen molar-refractivity contribution in [2.24, 2.45) is 0 Å². The molecule has 2 fully saturated rings. The van der Waals surface area contributed by atoms with Gasteiger partial charge in [0.15, 0.2) is 5.65 Å². The Morgan fingerprint density at radius 3 is 1.74 bits per heavy atom. The molecule has 0 bridgehead atoms. The molecule has 0 aliphatic carbocycles. The smallest absolute Gasteiger partial charge is 0.444 e. The molecule has 0 spiro atoms. The van der Waals surface area contributed by atoms with Crippen molar-refractivity contribution in [2.75, 3.05) is 26.2 Å². The number of imidazole rings is 1. The number of aromatic nitrogens is 5. The summed E-state index contributed by atoms with van der Waals surface area (Å²) in [6, 6.07) is 11.1. The molecule has 6 aromatic rings. The van der Waals surface area contributed by atoms with E-state index in [-0.39, 0.29) is 46.0 Å². The molecule has 25 heteroatoms. The SMILES string of the molecule is CC(C)(C)OC(=O)N1CCC(c2nc(-c3cc(C(C)(C)C)cc(S(=O)(=O)C(F)(F)F)c3)cs2)CC1.CC(C)(C)c1cc(-c2nc(C3CCN(C(=O)Cn4cnc5cccnc54)CC3)sc2Cl)cc(S(=O)(=O)C(F)(F)F)c1. The van der Waals surface area contributed by atoms with E-state index in [9.17, 15) is 52.8 Å². The average Bonchev–Trinajstić information content (AvgIpc) is 4.09. The van der Waals surface area contributed by atoms with Crippen LogP contribution in [0.5, 0.6) is 0 Å². The quantitative estimate of drug-likeness (QED) is 0.133. The molecule has 76 heavy (non-hydrogen) atoms. The van der Waals surface area contributed by atoms with Gasteiger partial charge < -0.3 is 19.1 Å². The van der Waals surface area contributed by atoms with Crippen molar-refractivity contribution in [3.05, 3.63) is 91.9 Å². The number of fused-ring (bicyclic) bond motifs is 1. The monoisotopic (exact) mass is 1160 g/mol. The number of carbonyl (C=O) groups is 2. The Hall–Kier alpha value is -5.17. The Labute approximate surface area is 450 Å². The molecular weight excluding hydrogens is 1100 g/mol. The fourth-order valence-corrected chi connectivity index (χ4v) is 12.5. The number of carbonyl (C=O) groups excluding carboxylic acids is 2. The zero-order chi connectivity index (χ0) is 56.1. The predicted octanol–water partition coefficient (Wildman–Crippen LogP) is 12.7. The third kappa shape index (κ3) is 13.2. The number of likely N-dealkylation sites (tertiary alicyclic amines) is 2. The second-order valence-electron chi connectivity index (χ2n) is 21.8. The number of piperidine rings is 2. The number of nitrogens with zero attached hydrogens (tertiary/aromatic N) is 7. The summed E-state index contributed by atoms with van der Waals surface area (Å²) in [6.45, 7) is 18.4. The number of halogens is 7. The number of benzene rings is 2. The number of hydrogen-bond acceptors (Lipinski definition) is 13. The summed E-state index contributed by atoms with van der Waals surface area (Å²) in [5.41, 5.74) is -9.15. The van der Waals surface area contributed by atoms with Crippen LogP contribution in [0.1, 0.15) is 121 Å². The van der Waals surface area contributed by atoms with Gasteiger partial charge in [-0.1, -0.05) is 53.1 Å². The van der Waals surface area contributed by atoms with Crippen LogP contribution in [0.2, 0.25) is 4.34 Å². The van der Waals surface area contributed by atoms with Crippen molar-refractivity contribution in [3.63, 3.8) is 0 Å². The number of alkyl halides is 6. The summed E-state index contributed by atoms with van der Waals surface area (Å²) < 4.78 is 136. The van der Waals surface area contributed by atoms with Crippen LogP contribution in [0.15, 0.2) is 76.2 Å². The Bertz CT molecular complexity index is 3340. The van der Waals surface area contributed by atoms with E-state index >= 15 is 0 Å². The number of pyridine rings is 1. The van der Waals surface area contributed by atoms with Crippen LogP contribution in [0.25, 0.3) is 33.7 Å². The van der Waals surface area contributed by atoms with Crippen molar-refractivity contribution in [1.82, 2.24) is 34.3 Å². The maximum absolute atomic E-state index is 13.4. The van der Waals surface area contributed by atoms with Crippen molar-refractivity contribution >= 4 is 77.1 Å². The van der Waals surface area contributed by atoms with Gasteiger partial charge in [0.05, 0.1) is 31.8 Å². The Balaban J connectivity index is 0.000000224. The topological polar surface area (TPSA) is 175 Å². The van der Waals surface area contributed by atoms with Crippen LogP contribution in [0.4, 0.5) is 31.1 Å². The lowest BCUT2D eigenvalue weighted by Crippen LogP contribution is -2.41. The zero-order valence-electron chi connectivity index (χ0n) is 43.1. The molecule has 0 atom stereocenters. The van der Waals surface area contributed by atoms with Gasteiger partial charge in [-0.05, 0) is 117 Å². The molecule has 2 amide bonds. The number of rotatable bonds is 8. The van der Waals surface area contributed by atoms with E-state index in [1.807, 2.05) is 26.8 Å². The number of ether oxygens (including phenoxy) is 1. The van der Waals surface area contributed by atoms with Crippen molar-refractivity contribution in [1.29, 1.82) is 0 Å². The van der Waals surface area contributed by atoms with E-state index < -0.39 is 56.9 Å². The minimum atomic E-state index is -5.58. The first kappa shape index (κ1) is 58.5. The predicted molar refractivity (Wildman–Crippen MR) is 280 cm³/mol. The van der Waals surface area contributed by atoms with Gasteiger partial charge in [0.25, 0.3) is 19.7 Å². The summed E-state index contributed by atoms with van der Waals surface area (Å²) in [4.78, 5) is 45.0. The van der Waals surface area contributed by atoms with Gasteiger partial charge in [-0.25, -0.2) is 41.6 Å². The van der Waals surface area contributed by atoms with Gasteiger partial charge in [-0.3, -0.25) is 4.79 Å². The summed E-state index contributed by atoms with van der Waals surface area (Å²) in [5, 5.41) is 3.25. The molecule has 2 aliphatic rings. The van der Waals surface area contributed by atoms with Crippen LogP contribution in [-0.4, -0.2) is 106 Å². The fraction of sp³-hybridized carbons (Fsp3) is 0.490. The van der Waals surface area contributed by atoms with E-state index in [1.165, 1.54) is 22.7 Å². The first-order valence-electron chi connectivity index (χ1n) is 24.1. The molecular formula is C51H58ClF6N7O7S4. The second kappa shape index (κ2) is 21.6. The molecule has 0 unspecified atom stereocenters. The highest BCUT2D eigenvalue weighted by Crippen LogP contribution is 2.43. The largest absolute Gasteiger partial charge is 0.501 e. The van der Waals surface area contributed by atoms with Crippen LogP contribution in [-0.2, 0) is 46.6 Å². The summed E-state index contributed by atoms with van der Waals surface area (Å²) in [5.74, 6) is 0.0375. The molecule has 14 nitrogen and oxygen atoms in total. The zero-order valence-corrected chi connectivity index (χ0v) is 47.2. The first-order valence-corrected chi connectivity index (χ1v) is 29.2. The van der Waals surface area contributed by atoms with Crippen molar-refractivity contribution in [3.8, 4) is 22.5 Å². The number of hydrogen-bond donors (Lipinski definition) is 0. The van der Waals surface area contributed by atoms with Gasteiger partial charge in [-0.2, -0.15) is 26.3 Å². The lowest BCUT2D eigenvalue weighted by molar-refractivity contribution is -0.132. The van der Waals surface area contributed by atoms with Gasteiger partial charge in [0.1, 0.15) is 27.7 Å². The van der Waals surface area contributed by atoms with Gasteiger partial charge in [-0.15, -0.1) is 22.7 Å². The fourth-order valence-electron chi connectivity index (χ4n) is 8.47. The van der Waals surface area contributed by atoms with Crippen LogP contribution in [0.3, 0.4) is 0 Å². The molecule has 412 valence electrons. The second-order valence-corrected chi connectivity index (χ2v) is 28.2. The first-order chi connectivity index (χ1) is 35.0. The van der Waals surface area contributed by atoms with Crippen LogP contribution in [0, 0.1) is 0 Å². The van der Waals surface area contributed by atoms with E-state index in [0.717, 1.165) is 29.3 Å². The minimum Gasteiger partial charge on any atom is -0.444 e. The molecule has 0 saturated carbocycles. The molecule has 4 aromatic heterocycles. The Morgan fingerprint density at radius 2 is 1.21 bits per heavy atom. The minimum absolute atomic E-state index is 0.00443. The van der Waals surface area contributed by atoms with Crippen LogP contribution < -0.4 is 0 Å². The lowest BCUT2D eigenvalue weighted by atomic mass is 9.86. The Morgan fingerprint density at radius 1 is 0.697 bits per heavy atom. The molecule has 2 aromatic carbocycles. The van der Waals surface area contributed by atoms with Crippen LogP contribution >= 0.6 is 34.3 Å². The summed E-state index contributed by atoms with van der Waals surface area (Å²) in [7, 11) is -11.1. The lowest BCUT2D eigenvalue weighted by Gasteiger charge is -2.32. The standard InChI is InChI=1S/C27H27ClF3N5O3S2.C24H31F3N2O4S2/c1-26(2,3)18-11-17(12-19(13-18)41(38,39)27(29,30)31)22-23(28)40-25(34-22)16-6-9-35(10-7-16)21(37)14-36-15-33-20-5-4-8-32-24(20)36;1-22(2,3)17-11-16(12-18(13-17)35(31,32)24(25,26)27)19-14-34-20(28-19)15-7-9-29(10-8-15)21(30)33-23(4,5)6/h4-5,8,11-13,15-16H,6-7,9-10,14H2,1-3H3;11-15H,7-10H2,1-6H3. The maximum Gasteiger partial charge on any atom is 0.501 e. The number of amides is 2. The average molecular weight is 1160 g/mol. The van der Waals surface area contributed by atoms with E-state index in [4.69, 9.17) is 16.3 Å². The molecule has 0 radical (unpaired) electrons. The molecule has 2 aliphatic heterocycles. The van der Waals surface area contributed by atoms with E-state index in [0.29, 0.717) is 90.4 Å².